The van der Waals surface area contributed by atoms with Gasteiger partial charge in [-0.05, 0) is 68.7 Å². The molecule has 2 heterocycles. The first kappa shape index (κ1) is 18.4. The smallest absolute Gasteiger partial charge is 0.260 e. The first-order chi connectivity index (χ1) is 13.4. The largest absolute Gasteiger partial charge is 0.467 e. The number of carbonyl (C=O) groups is 1. The van der Waals surface area contributed by atoms with Gasteiger partial charge in [0.05, 0.1) is 23.0 Å². The Morgan fingerprint density at radius 3 is 2.61 bits per heavy atom. The van der Waals surface area contributed by atoms with Crippen LogP contribution in [0.15, 0.2) is 53.1 Å². The number of anilines is 1. The molecule has 0 spiro atoms. The van der Waals surface area contributed by atoms with Crippen molar-refractivity contribution in [2.45, 2.75) is 34.2 Å². The number of aromatic nitrogens is 1. The van der Waals surface area contributed by atoms with Crippen molar-refractivity contribution in [3.8, 4) is 0 Å². The van der Waals surface area contributed by atoms with E-state index in [1.165, 1.54) is 11.1 Å². The molecule has 0 radical (unpaired) electrons. The molecule has 0 bridgehead atoms. The fraction of sp³-hybridized carbons (Fsp3) is 0.217. The van der Waals surface area contributed by atoms with Gasteiger partial charge in [-0.25, -0.2) is 4.98 Å². The molecule has 28 heavy (non-hydrogen) atoms. The Balaban J connectivity index is 1.83. The Hall–Kier alpha value is -2.92. The van der Waals surface area contributed by atoms with E-state index < -0.39 is 0 Å². The summed E-state index contributed by atoms with van der Waals surface area (Å²) in [4.78, 5) is 20.0. The Labute approximate surface area is 168 Å². The Morgan fingerprint density at radius 1 is 1.04 bits per heavy atom. The van der Waals surface area contributed by atoms with Gasteiger partial charge < -0.3 is 4.42 Å². The van der Waals surface area contributed by atoms with Gasteiger partial charge in [-0.15, -0.1) is 0 Å². The van der Waals surface area contributed by atoms with Gasteiger partial charge in [0.1, 0.15) is 5.76 Å². The predicted molar refractivity (Wildman–Crippen MR) is 114 cm³/mol. The number of aryl methyl sites for hydroxylation is 4. The summed E-state index contributed by atoms with van der Waals surface area (Å²) in [6.07, 6.45) is 1.63. The van der Waals surface area contributed by atoms with Crippen molar-refractivity contribution in [1.29, 1.82) is 0 Å². The van der Waals surface area contributed by atoms with Gasteiger partial charge in [-0.3, -0.25) is 9.69 Å². The van der Waals surface area contributed by atoms with Crippen LogP contribution in [0.1, 0.15) is 38.4 Å². The van der Waals surface area contributed by atoms with E-state index in [9.17, 15) is 4.79 Å². The fourth-order valence-corrected chi connectivity index (χ4v) is 4.39. The molecule has 0 fully saturated rings. The summed E-state index contributed by atoms with van der Waals surface area (Å²) in [5.74, 6) is 0.664. The Bertz CT molecular complexity index is 1160. The third-order valence-corrected chi connectivity index (χ3v) is 6.03. The van der Waals surface area contributed by atoms with Crippen LogP contribution in [0.3, 0.4) is 0 Å². The van der Waals surface area contributed by atoms with Crippen molar-refractivity contribution in [3.63, 3.8) is 0 Å². The molecule has 0 aliphatic carbocycles. The van der Waals surface area contributed by atoms with Gasteiger partial charge in [0.25, 0.3) is 5.91 Å². The first-order valence-electron chi connectivity index (χ1n) is 9.21. The fourth-order valence-electron chi connectivity index (χ4n) is 3.38. The standard InChI is InChI=1S/C23H22N2O2S/c1-14-7-8-16(3)19(11-14)22(26)25(13-18-6-5-9-27-18)23-24-20-12-15(2)10-17(4)21(20)28-23/h5-12H,13H2,1-4H3. The Morgan fingerprint density at radius 2 is 1.86 bits per heavy atom. The van der Waals surface area contributed by atoms with E-state index >= 15 is 0 Å². The molecule has 5 heteroatoms. The molecular formula is C23H22N2O2S. The number of nitrogens with zero attached hydrogens (tertiary/aromatic N) is 2. The van der Waals surface area contributed by atoms with Gasteiger partial charge in [0.15, 0.2) is 5.13 Å². The average Bonchev–Trinajstić information content (AvgIpc) is 3.30. The summed E-state index contributed by atoms with van der Waals surface area (Å²) >= 11 is 1.55. The summed E-state index contributed by atoms with van der Waals surface area (Å²) in [5, 5.41) is 0.686. The number of carbonyl (C=O) groups excluding carboxylic acids is 1. The number of amides is 1. The molecule has 0 unspecified atom stereocenters. The van der Waals surface area contributed by atoms with Crippen LogP contribution in [0, 0.1) is 27.7 Å². The van der Waals surface area contributed by atoms with Crippen molar-refractivity contribution in [1.82, 2.24) is 4.98 Å². The monoisotopic (exact) mass is 390 g/mol. The number of hydrogen-bond acceptors (Lipinski definition) is 4. The number of furan rings is 1. The van der Waals surface area contributed by atoms with E-state index in [2.05, 4.69) is 26.0 Å². The van der Waals surface area contributed by atoms with Crippen molar-refractivity contribution in [3.05, 3.63) is 82.3 Å². The van der Waals surface area contributed by atoms with Gasteiger partial charge in [-0.2, -0.15) is 0 Å². The van der Waals surface area contributed by atoms with E-state index in [0.29, 0.717) is 17.2 Å². The normalized spacial score (nSPS) is 11.1. The van der Waals surface area contributed by atoms with E-state index in [0.717, 1.165) is 27.1 Å². The molecule has 0 aliphatic heterocycles. The van der Waals surface area contributed by atoms with Crippen molar-refractivity contribution < 1.29 is 9.21 Å². The van der Waals surface area contributed by atoms with E-state index in [1.807, 2.05) is 44.2 Å². The molecule has 0 N–H and O–H groups in total. The van der Waals surface area contributed by atoms with Crippen LogP contribution in [0.2, 0.25) is 0 Å². The predicted octanol–water partition coefficient (Wildman–Crippen LogP) is 5.97. The van der Waals surface area contributed by atoms with E-state index in [1.54, 1.807) is 22.5 Å². The summed E-state index contributed by atoms with van der Waals surface area (Å²) in [6.45, 7) is 8.45. The zero-order chi connectivity index (χ0) is 19.8. The van der Waals surface area contributed by atoms with Gasteiger partial charge in [0, 0.05) is 5.56 Å². The summed E-state index contributed by atoms with van der Waals surface area (Å²) in [5.41, 5.74) is 5.97. The minimum absolute atomic E-state index is 0.0639. The van der Waals surface area contributed by atoms with Crippen LogP contribution < -0.4 is 4.90 Å². The molecule has 4 aromatic rings. The summed E-state index contributed by atoms with van der Waals surface area (Å²) < 4.78 is 6.64. The maximum Gasteiger partial charge on any atom is 0.260 e. The lowest BCUT2D eigenvalue weighted by Crippen LogP contribution is -2.30. The maximum absolute atomic E-state index is 13.5. The van der Waals surface area contributed by atoms with Gasteiger partial charge in [0.2, 0.25) is 0 Å². The van der Waals surface area contributed by atoms with Crippen LogP contribution in [0.5, 0.6) is 0 Å². The lowest BCUT2D eigenvalue weighted by molar-refractivity contribution is 0.0982. The third-order valence-electron chi connectivity index (χ3n) is 4.80. The van der Waals surface area contributed by atoms with Crippen LogP contribution >= 0.6 is 11.3 Å². The highest BCUT2D eigenvalue weighted by atomic mass is 32.1. The highest BCUT2D eigenvalue weighted by Crippen LogP contribution is 2.34. The first-order valence-corrected chi connectivity index (χ1v) is 10.0. The van der Waals surface area contributed by atoms with Gasteiger partial charge in [-0.1, -0.05) is 35.1 Å². The van der Waals surface area contributed by atoms with Crippen LogP contribution in [-0.2, 0) is 6.54 Å². The van der Waals surface area contributed by atoms with Crippen LogP contribution in [-0.4, -0.2) is 10.9 Å². The lowest BCUT2D eigenvalue weighted by Gasteiger charge is -2.20. The van der Waals surface area contributed by atoms with E-state index in [4.69, 9.17) is 9.40 Å². The molecule has 4 nitrogen and oxygen atoms in total. The quantitative estimate of drug-likeness (QED) is 0.431. The molecule has 0 atom stereocenters. The zero-order valence-corrected chi connectivity index (χ0v) is 17.3. The Kier molecular flexibility index (Phi) is 4.77. The number of benzene rings is 2. The molecule has 0 aliphatic rings. The molecule has 1 amide bonds. The number of fused-ring (bicyclic) bond motifs is 1. The minimum Gasteiger partial charge on any atom is -0.467 e. The molecular weight excluding hydrogens is 368 g/mol. The van der Waals surface area contributed by atoms with Crippen LogP contribution in [0.25, 0.3) is 10.2 Å². The molecule has 0 saturated carbocycles. The van der Waals surface area contributed by atoms with Crippen molar-refractivity contribution in [2.24, 2.45) is 0 Å². The third kappa shape index (κ3) is 3.45. The minimum atomic E-state index is -0.0639. The second-order valence-electron chi connectivity index (χ2n) is 7.22. The topological polar surface area (TPSA) is 46.3 Å². The average molecular weight is 391 g/mol. The molecule has 142 valence electrons. The maximum atomic E-state index is 13.5. The zero-order valence-electron chi connectivity index (χ0n) is 16.4. The SMILES string of the molecule is Cc1ccc(C)c(C(=O)N(Cc2ccco2)c2nc3cc(C)cc(C)c3s2)c1. The highest BCUT2D eigenvalue weighted by molar-refractivity contribution is 7.22. The number of rotatable bonds is 4. The molecule has 4 rings (SSSR count). The molecule has 0 saturated heterocycles. The molecule has 2 aromatic heterocycles. The molecule has 2 aromatic carbocycles. The summed E-state index contributed by atoms with van der Waals surface area (Å²) in [7, 11) is 0. The van der Waals surface area contributed by atoms with Crippen molar-refractivity contribution in [2.75, 3.05) is 4.90 Å². The van der Waals surface area contributed by atoms with Gasteiger partial charge >= 0.3 is 0 Å². The highest BCUT2D eigenvalue weighted by Gasteiger charge is 2.24. The van der Waals surface area contributed by atoms with Crippen LogP contribution in [0.4, 0.5) is 5.13 Å². The lowest BCUT2D eigenvalue weighted by atomic mass is 10.0. The summed E-state index contributed by atoms with van der Waals surface area (Å²) in [6, 6.07) is 13.9. The second kappa shape index (κ2) is 7.24. The van der Waals surface area contributed by atoms with Crippen molar-refractivity contribution >= 4 is 32.6 Å². The number of thiazole rings is 1. The van der Waals surface area contributed by atoms with E-state index in [-0.39, 0.29) is 5.91 Å². The number of hydrogen-bond donors (Lipinski definition) is 0. The second-order valence-corrected chi connectivity index (χ2v) is 8.19.